The highest BCUT2D eigenvalue weighted by atomic mass is 19.1. The summed E-state index contributed by atoms with van der Waals surface area (Å²) in [5, 5.41) is 8.59. The van der Waals surface area contributed by atoms with Gasteiger partial charge in [0.2, 0.25) is 0 Å². The maximum atomic E-state index is 13.3. The zero-order valence-electron chi connectivity index (χ0n) is 7.83. The van der Waals surface area contributed by atoms with Crippen LogP contribution in [0.4, 0.5) is 4.39 Å². The van der Waals surface area contributed by atoms with Crippen LogP contribution in [0.25, 0.3) is 0 Å². The zero-order chi connectivity index (χ0) is 10.7. The molecule has 0 aromatic heterocycles. The summed E-state index contributed by atoms with van der Waals surface area (Å²) in [6.07, 6.45) is 0.408. The number of carboxylic acids is 1. The molecule has 0 bridgehead atoms. The van der Waals surface area contributed by atoms with Gasteiger partial charge in [-0.2, -0.15) is 0 Å². The van der Waals surface area contributed by atoms with Gasteiger partial charge in [-0.05, 0) is 31.0 Å². The fourth-order valence-corrected chi connectivity index (χ4v) is 1.19. The van der Waals surface area contributed by atoms with Crippen LogP contribution in [-0.2, 0) is 6.42 Å². The summed E-state index contributed by atoms with van der Waals surface area (Å²) < 4.78 is 13.3. The average molecular weight is 197 g/mol. The summed E-state index contributed by atoms with van der Waals surface area (Å²) in [7, 11) is 0. The smallest absolute Gasteiger partial charge is 0.335 e. The predicted octanol–water partition coefficient (Wildman–Crippen LogP) is 1.41. The maximum absolute atomic E-state index is 13.3. The van der Waals surface area contributed by atoms with E-state index < -0.39 is 11.8 Å². The Morgan fingerprint density at radius 3 is 2.71 bits per heavy atom. The van der Waals surface area contributed by atoms with Crippen LogP contribution >= 0.6 is 0 Å². The summed E-state index contributed by atoms with van der Waals surface area (Å²) in [5.41, 5.74) is 5.91. The molecule has 0 unspecified atom stereocenters. The molecule has 0 spiro atoms. The first-order chi connectivity index (χ1) is 6.50. The van der Waals surface area contributed by atoms with E-state index in [1.807, 2.05) is 0 Å². The Kier molecular flexibility index (Phi) is 3.19. The van der Waals surface area contributed by atoms with Crippen LogP contribution in [0.15, 0.2) is 18.2 Å². The average Bonchev–Trinajstić information content (AvgIpc) is 2.07. The Labute approximate surface area is 81.4 Å². The van der Waals surface area contributed by atoms with E-state index in [1.165, 1.54) is 12.1 Å². The van der Waals surface area contributed by atoms with Gasteiger partial charge in [0.05, 0.1) is 5.56 Å². The predicted molar refractivity (Wildman–Crippen MR) is 50.7 cm³/mol. The minimum Gasteiger partial charge on any atom is -0.478 e. The van der Waals surface area contributed by atoms with E-state index >= 15 is 0 Å². The lowest BCUT2D eigenvalue weighted by Gasteiger charge is -2.06. The summed E-state index contributed by atoms with van der Waals surface area (Å²) >= 11 is 0. The largest absolute Gasteiger partial charge is 0.478 e. The number of carboxylic acid groups (broad SMARTS) is 1. The summed E-state index contributed by atoms with van der Waals surface area (Å²) in [6, 6.07) is 3.71. The fourth-order valence-electron chi connectivity index (χ4n) is 1.19. The number of rotatable bonds is 3. The molecule has 0 fully saturated rings. The van der Waals surface area contributed by atoms with Crippen molar-refractivity contribution in [2.24, 2.45) is 5.73 Å². The molecule has 14 heavy (non-hydrogen) atoms. The van der Waals surface area contributed by atoms with Gasteiger partial charge < -0.3 is 10.8 Å². The van der Waals surface area contributed by atoms with E-state index in [-0.39, 0.29) is 11.6 Å². The van der Waals surface area contributed by atoms with E-state index in [0.29, 0.717) is 12.0 Å². The molecule has 4 heteroatoms. The second-order valence-electron chi connectivity index (χ2n) is 3.29. The topological polar surface area (TPSA) is 63.3 Å². The lowest BCUT2D eigenvalue weighted by Crippen LogP contribution is -2.18. The molecule has 1 aromatic rings. The number of benzene rings is 1. The van der Waals surface area contributed by atoms with Gasteiger partial charge in [0.15, 0.2) is 0 Å². The van der Waals surface area contributed by atoms with Crippen molar-refractivity contribution >= 4 is 5.97 Å². The summed E-state index contributed by atoms with van der Waals surface area (Å²) in [4.78, 5) is 10.5. The van der Waals surface area contributed by atoms with E-state index in [2.05, 4.69) is 0 Å². The Bertz CT molecular complexity index is 350. The third-order valence-corrected chi connectivity index (χ3v) is 1.84. The fraction of sp³-hybridized carbons (Fsp3) is 0.300. The third kappa shape index (κ3) is 2.53. The first-order valence-corrected chi connectivity index (χ1v) is 4.28. The van der Waals surface area contributed by atoms with Crippen LogP contribution in [-0.4, -0.2) is 17.1 Å². The van der Waals surface area contributed by atoms with Crippen molar-refractivity contribution in [1.82, 2.24) is 0 Å². The Morgan fingerprint density at radius 2 is 2.29 bits per heavy atom. The van der Waals surface area contributed by atoms with E-state index in [4.69, 9.17) is 10.8 Å². The van der Waals surface area contributed by atoms with Crippen molar-refractivity contribution < 1.29 is 14.3 Å². The Balaban J connectivity index is 2.95. The molecular weight excluding hydrogens is 185 g/mol. The van der Waals surface area contributed by atoms with Gasteiger partial charge in [0.25, 0.3) is 0 Å². The molecule has 3 nitrogen and oxygen atoms in total. The van der Waals surface area contributed by atoms with Gasteiger partial charge in [0.1, 0.15) is 5.82 Å². The molecule has 1 rings (SSSR count). The second kappa shape index (κ2) is 4.19. The Hall–Kier alpha value is -1.42. The molecule has 1 atom stereocenters. The highest BCUT2D eigenvalue weighted by Gasteiger charge is 2.09. The third-order valence-electron chi connectivity index (χ3n) is 1.84. The highest BCUT2D eigenvalue weighted by molar-refractivity contribution is 5.87. The van der Waals surface area contributed by atoms with Crippen molar-refractivity contribution in [2.75, 3.05) is 0 Å². The van der Waals surface area contributed by atoms with Gasteiger partial charge in [0, 0.05) is 6.04 Å². The van der Waals surface area contributed by atoms with Gasteiger partial charge in [-0.1, -0.05) is 6.07 Å². The number of nitrogens with two attached hydrogens (primary N) is 1. The van der Waals surface area contributed by atoms with Crippen molar-refractivity contribution in [2.45, 2.75) is 19.4 Å². The summed E-state index contributed by atoms with van der Waals surface area (Å²) in [6.45, 7) is 1.77. The maximum Gasteiger partial charge on any atom is 0.335 e. The number of hydrogen-bond acceptors (Lipinski definition) is 2. The minimum atomic E-state index is -1.13. The van der Waals surface area contributed by atoms with Crippen LogP contribution in [0.5, 0.6) is 0 Å². The first kappa shape index (κ1) is 10.7. The Morgan fingerprint density at radius 1 is 1.64 bits per heavy atom. The van der Waals surface area contributed by atoms with Crippen LogP contribution < -0.4 is 5.73 Å². The second-order valence-corrected chi connectivity index (χ2v) is 3.29. The molecule has 0 amide bonds. The molecule has 0 saturated carbocycles. The van der Waals surface area contributed by atoms with Gasteiger partial charge in [-0.25, -0.2) is 9.18 Å². The monoisotopic (exact) mass is 197 g/mol. The first-order valence-electron chi connectivity index (χ1n) is 4.28. The van der Waals surface area contributed by atoms with Crippen molar-refractivity contribution in [3.8, 4) is 0 Å². The molecule has 0 aliphatic rings. The van der Waals surface area contributed by atoms with Crippen LogP contribution in [0.3, 0.4) is 0 Å². The molecule has 3 N–H and O–H groups in total. The normalized spacial score (nSPS) is 12.5. The molecule has 1 aromatic carbocycles. The van der Waals surface area contributed by atoms with Gasteiger partial charge in [-0.15, -0.1) is 0 Å². The van der Waals surface area contributed by atoms with Crippen LogP contribution in [0.2, 0.25) is 0 Å². The van der Waals surface area contributed by atoms with E-state index in [0.717, 1.165) is 6.07 Å². The quantitative estimate of drug-likeness (QED) is 0.770. The molecule has 0 radical (unpaired) electrons. The highest BCUT2D eigenvalue weighted by Crippen LogP contribution is 2.12. The molecule has 0 heterocycles. The lowest BCUT2D eigenvalue weighted by atomic mass is 10.0. The van der Waals surface area contributed by atoms with Crippen molar-refractivity contribution in [3.05, 3.63) is 35.1 Å². The van der Waals surface area contributed by atoms with E-state index in [9.17, 15) is 9.18 Å². The van der Waals surface area contributed by atoms with Gasteiger partial charge >= 0.3 is 5.97 Å². The number of hydrogen-bond donors (Lipinski definition) is 2. The summed E-state index contributed by atoms with van der Waals surface area (Å²) in [5.74, 6) is -1.64. The molecule has 76 valence electrons. The van der Waals surface area contributed by atoms with Crippen LogP contribution in [0, 0.1) is 5.82 Å². The minimum absolute atomic E-state index is 0.0454. The molecule has 0 saturated heterocycles. The number of aromatic carboxylic acids is 1. The van der Waals surface area contributed by atoms with E-state index in [1.54, 1.807) is 6.92 Å². The number of carbonyl (C=O) groups is 1. The molecular formula is C10H12FNO2. The molecule has 0 aliphatic carbocycles. The number of halogens is 1. The van der Waals surface area contributed by atoms with Crippen LogP contribution in [0.1, 0.15) is 22.8 Å². The molecule has 0 aliphatic heterocycles. The SMILES string of the molecule is C[C@@H](N)Cc1ccc(C(=O)O)cc1F. The zero-order valence-corrected chi connectivity index (χ0v) is 7.83. The van der Waals surface area contributed by atoms with Crippen molar-refractivity contribution in [1.29, 1.82) is 0 Å². The standard InChI is InChI=1S/C10H12FNO2/c1-6(12)4-7-2-3-8(10(13)14)5-9(7)11/h2-3,5-6H,4,12H2,1H3,(H,13,14)/t6-/m1/s1. The lowest BCUT2D eigenvalue weighted by molar-refractivity contribution is 0.0696. The van der Waals surface area contributed by atoms with Gasteiger partial charge in [-0.3, -0.25) is 0 Å². The van der Waals surface area contributed by atoms with Crippen molar-refractivity contribution in [3.63, 3.8) is 0 Å².